The van der Waals surface area contributed by atoms with Crippen molar-refractivity contribution in [2.75, 3.05) is 18.8 Å². The molecule has 1 aliphatic heterocycles. The van der Waals surface area contributed by atoms with E-state index in [2.05, 4.69) is 41.8 Å². The first kappa shape index (κ1) is 14.4. The SMILES string of the molecule is Cc1ccc(CSCCNC(=O)C2CCCN2)cc1. The van der Waals surface area contributed by atoms with Crippen molar-refractivity contribution in [1.82, 2.24) is 10.6 Å². The van der Waals surface area contributed by atoms with Gasteiger partial charge in [0, 0.05) is 18.1 Å². The molecule has 1 amide bonds. The summed E-state index contributed by atoms with van der Waals surface area (Å²) in [5.74, 6) is 2.14. The number of carbonyl (C=O) groups excluding carboxylic acids is 1. The normalized spacial score (nSPS) is 18.5. The monoisotopic (exact) mass is 278 g/mol. The standard InChI is InChI=1S/C15H22N2OS/c1-12-4-6-13(7-5-12)11-19-10-9-17-15(18)14-3-2-8-16-14/h4-7,14,16H,2-3,8-11H2,1H3,(H,17,18). The fraction of sp³-hybridized carbons (Fsp3) is 0.533. The largest absolute Gasteiger partial charge is 0.354 e. The molecule has 1 atom stereocenters. The van der Waals surface area contributed by atoms with E-state index in [0.29, 0.717) is 0 Å². The molecule has 0 aromatic heterocycles. The summed E-state index contributed by atoms with van der Waals surface area (Å²) in [6, 6.07) is 8.67. The third-order valence-corrected chi connectivity index (χ3v) is 4.34. The maximum Gasteiger partial charge on any atom is 0.237 e. The van der Waals surface area contributed by atoms with Gasteiger partial charge in [-0.2, -0.15) is 11.8 Å². The molecule has 1 unspecified atom stereocenters. The summed E-state index contributed by atoms with van der Waals surface area (Å²) in [6.07, 6.45) is 2.09. The topological polar surface area (TPSA) is 41.1 Å². The van der Waals surface area contributed by atoms with Crippen LogP contribution in [-0.4, -0.2) is 30.8 Å². The lowest BCUT2D eigenvalue weighted by atomic mass is 10.2. The highest BCUT2D eigenvalue weighted by atomic mass is 32.2. The maximum atomic E-state index is 11.7. The minimum Gasteiger partial charge on any atom is -0.354 e. The summed E-state index contributed by atoms with van der Waals surface area (Å²) in [5, 5.41) is 6.21. The van der Waals surface area contributed by atoms with Crippen LogP contribution in [0.25, 0.3) is 0 Å². The summed E-state index contributed by atoms with van der Waals surface area (Å²) in [7, 11) is 0. The first-order chi connectivity index (χ1) is 9.25. The van der Waals surface area contributed by atoms with E-state index in [1.807, 2.05) is 11.8 Å². The average molecular weight is 278 g/mol. The van der Waals surface area contributed by atoms with E-state index in [9.17, 15) is 4.79 Å². The van der Waals surface area contributed by atoms with Gasteiger partial charge in [0.1, 0.15) is 0 Å². The quantitative estimate of drug-likeness (QED) is 0.783. The van der Waals surface area contributed by atoms with Crippen molar-refractivity contribution in [2.24, 2.45) is 0 Å². The Morgan fingerprint density at radius 1 is 1.42 bits per heavy atom. The average Bonchev–Trinajstić information content (AvgIpc) is 2.94. The van der Waals surface area contributed by atoms with Gasteiger partial charge in [0.15, 0.2) is 0 Å². The van der Waals surface area contributed by atoms with Gasteiger partial charge in [-0.25, -0.2) is 0 Å². The molecular formula is C15H22N2OS. The molecule has 0 spiro atoms. The van der Waals surface area contributed by atoms with Crippen LogP contribution in [-0.2, 0) is 10.5 Å². The summed E-state index contributed by atoms with van der Waals surface area (Å²) in [5.41, 5.74) is 2.64. The first-order valence-electron chi connectivity index (χ1n) is 6.90. The smallest absolute Gasteiger partial charge is 0.237 e. The number of aryl methyl sites for hydroxylation is 1. The molecular weight excluding hydrogens is 256 g/mol. The maximum absolute atomic E-state index is 11.7. The summed E-state index contributed by atoms with van der Waals surface area (Å²) < 4.78 is 0. The molecule has 1 saturated heterocycles. The van der Waals surface area contributed by atoms with Crippen molar-refractivity contribution >= 4 is 17.7 Å². The zero-order chi connectivity index (χ0) is 13.5. The van der Waals surface area contributed by atoms with Crippen molar-refractivity contribution in [2.45, 2.75) is 31.6 Å². The van der Waals surface area contributed by atoms with Crippen molar-refractivity contribution in [3.05, 3.63) is 35.4 Å². The number of carbonyl (C=O) groups is 1. The van der Waals surface area contributed by atoms with Crippen LogP contribution >= 0.6 is 11.8 Å². The number of rotatable bonds is 6. The summed E-state index contributed by atoms with van der Waals surface area (Å²) in [4.78, 5) is 11.7. The van der Waals surface area contributed by atoms with Gasteiger partial charge < -0.3 is 10.6 Å². The number of hydrogen-bond donors (Lipinski definition) is 2. The second-order valence-electron chi connectivity index (χ2n) is 4.98. The van der Waals surface area contributed by atoms with E-state index in [-0.39, 0.29) is 11.9 Å². The Kier molecular flexibility index (Phi) is 5.73. The summed E-state index contributed by atoms with van der Waals surface area (Å²) in [6.45, 7) is 3.83. The Hall–Kier alpha value is -1.00. The lowest BCUT2D eigenvalue weighted by Gasteiger charge is -2.10. The fourth-order valence-electron chi connectivity index (χ4n) is 2.15. The first-order valence-corrected chi connectivity index (χ1v) is 8.05. The Labute approximate surface area is 119 Å². The van der Waals surface area contributed by atoms with Gasteiger partial charge >= 0.3 is 0 Å². The number of hydrogen-bond acceptors (Lipinski definition) is 3. The second kappa shape index (κ2) is 7.56. The number of nitrogens with one attached hydrogen (secondary N) is 2. The fourth-order valence-corrected chi connectivity index (χ4v) is 2.97. The van der Waals surface area contributed by atoms with Gasteiger partial charge in [0.25, 0.3) is 0 Å². The Morgan fingerprint density at radius 3 is 2.89 bits per heavy atom. The Bertz CT molecular complexity index is 399. The van der Waals surface area contributed by atoms with Crippen LogP contribution in [0.2, 0.25) is 0 Å². The lowest BCUT2D eigenvalue weighted by Crippen LogP contribution is -2.41. The molecule has 0 radical (unpaired) electrons. The van der Waals surface area contributed by atoms with Gasteiger partial charge in [-0.1, -0.05) is 29.8 Å². The van der Waals surface area contributed by atoms with Crippen molar-refractivity contribution < 1.29 is 4.79 Å². The lowest BCUT2D eigenvalue weighted by molar-refractivity contribution is -0.122. The number of benzene rings is 1. The predicted molar refractivity (Wildman–Crippen MR) is 81.4 cm³/mol. The third kappa shape index (κ3) is 4.88. The molecule has 0 aliphatic carbocycles. The molecule has 1 aromatic carbocycles. The molecule has 2 N–H and O–H groups in total. The Morgan fingerprint density at radius 2 is 2.21 bits per heavy atom. The Balaban J connectivity index is 1.56. The number of thioether (sulfide) groups is 1. The second-order valence-corrected chi connectivity index (χ2v) is 6.08. The highest BCUT2D eigenvalue weighted by molar-refractivity contribution is 7.98. The van der Waals surface area contributed by atoms with E-state index >= 15 is 0 Å². The van der Waals surface area contributed by atoms with Gasteiger partial charge in [0.05, 0.1) is 6.04 Å². The zero-order valence-electron chi connectivity index (χ0n) is 11.4. The van der Waals surface area contributed by atoms with Crippen LogP contribution in [0.4, 0.5) is 0 Å². The van der Waals surface area contributed by atoms with E-state index < -0.39 is 0 Å². The third-order valence-electron chi connectivity index (χ3n) is 3.31. The van der Waals surface area contributed by atoms with Crippen molar-refractivity contribution in [3.8, 4) is 0 Å². The van der Waals surface area contributed by atoms with Gasteiger partial charge in [-0.3, -0.25) is 4.79 Å². The van der Waals surface area contributed by atoms with Gasteiger partial charge in [0.2, 0.25) is 5.91 Å². The minimum absolute atomic E-state index is 0.0436. The van der Waals surface area contributed by atoms with Crippen LogP contribution in [0.3, 0.4) is 0 Å². The molecule has 3 nitrogen and oxygen atoms in total. The van der Waals surface area contributed by atoms with Crippen LogP contribution in [0.15, 0.2) is 24.3 Å². The van der Waals surface area contributed by atoms with E-state index in [1.165, 1.54) is 11.1 Å². The summed E-state index contributed by atoms with van der Waals surface area (Å²) >= 11 is 1.86. The molecule has 1 aromatic rings. The van der Waals surface area contributed by atoms with Crippen molar-refractivity contribution in [1.29, 1.82) is 0 Å². The van der Waals surface area contributed by atoms with Gasteiger partial charge in [-0.05, 0) is 31.9 Å². The molecule has 2 rings (SSSR count). The molecule has 1 aliphatic rings. The molecule has 104 valence electrons. The molecule has 0 bridgehead atoms. The van der Waals surface area contributed by atoms with Crippen molar-refractivity contribution in [3.63, 3.8) is 0 Å². The molecule has 1 heterocycles. The van der Waals surface area contributed by atoms with E-state index in [0.717, 1.165) is 37.4 Å². The van der Waals surface area contributed by atoms with Crippen LogP contribution in [0, 0.1) is 6.92 Å². The predicted octanol–water partition coefficient (Wildman–Crippen LogP) is 2.10. The number of amides is 1. The highest BCUT2D eigenvalue weighted by Crippen LogP contribution is 2.12. The van der Waals surface area contributed by atoms with E-state index in [4.69, 9.17) is 0 Å². The zero-order valence-corrected chi connectivity index (χ0v) is 12.3. The molecule has 0 saturated carbocycles. The minimum atomic E-state index is 0.0436. The van der Waals surface area contributed by atoms with Crippen LogP contribution < -0.4 is 10.6 Å². The van der Waals surface area contributed by atoms with E-state index in [1.54, 1.807) is 0 Å². The molecule has 19 heavy (non-hydrogen) atoms. The van der Waals surface area contributed by atoms with Gasteiger partial charge in [-0.15, -0.1) is 0 Å². The highest BCUT2D eigenvalue weighted by Gasteiger charge is 2.20. The molecule has 1 fully saturated rings. The molecule has 4 heteroatoms. The van der Waals surface area contributed by atoms with Crippen LogP contribution in [0.5, 0.6) is 0 Å². The van der Waals surface area contributed by atoms with Crippen LogP contribution in [0.1, 0.15) is 24.0 Å².